The van der Waals surface area contributed by atoms with E-state index in [0.717, 1.165) is 26.1 Å². The number of anilines is 3. The lowest BCUT2D eigenvalue weighted by Gasteiger charge is -2.10. The second-order valence-electron chi connectivity index (χ2n) is 4.04. The van der Waals surface area contributed by atoms with Gasteiger partial charge < -0.3 is 15.8 Å². The molecule has 0 spiro atoms. The summed E-state index contributed by atoms with van der Waals surface area (Å²) >= 11 is 5.03. The fourth-order valence-electron chi connectivity index (χ4n) is 1.82. The van der Waals surface area contributed by atoms with Gasteiger partial charge in [-0.15, -0.1) is 11.3 Å². The van der Waals surface area contributed by atoms with Crippen LogP contribution in [-0.2, 0) is 0 Å². The molecule has 0 saturated carbocycles. The van der Waals surface area contributed by atoms with Crippen molar-refractivity contribution in [2.75, 3.05) is 18.2 Å². The van der Waals surface area contributed by atoms with Crippen LogP contribution in [0.5, 0.6) is 5.75 Å². The Kier molecular flexibility index (Phi) is 3.45. The number of nitrogens with two attached hydrogens (primary N) is 1. The molecule has 0 radical (unpaired) electrons. The Morgan fingerprint density at radius 1 is 1.30 bits per heavy atom. The largest absolute Gasteiger partial charge is 0.497 e. The van der Waals surface area contributed by atoms with E-state index in [0.29, 0.717) is 5.82 Å². The smallest absolute Gasteiger partial charge is 0.223 e. The summed E-state index contributed by atoms with van der Waals surface area (Å²) in [6.07, 6.45) is 0. The van der Waals surface area contributed by atoms with Crippen molar-refractivity contribution in [2.45, 2.75) is 0 Å². The van der Waals surface area contributed by atoms with Crippen molar-refractivity contribution in [3.8, 4) is 5.75 Å². The van der Waals surface area contributed by atoms with Crippen LogP contribution in [0.15, 0.2) is 34.1 Å². The number of methoxy groups -OCH3 is 1. The maximum atomic E-state index is 5.74. The van der Waals surface area contributed by atoms with E-state index in [2.05, 4.69) is 31.2 Å². The van der Waals surface area contributed by atoms with E-state index >= 15 is 0 Å². The minimum absolute atomic E-state index is 0.251. The average molecular weight is 351 g/mol. The minimum Gasteiger partial charge on any atom is -0.497 e. The van der Waals surface area contributed by atoms with E-state index in [1.165, 1.54) is 11.3 Å². The zero-order valence-corrected chi connectivity index (χ0v) is 13.0. The highest BCUT2D eigenvalue weighted by Gasteiger charge is 2.10. The number of nitrogens with zero attached hydrogens (tertiary/aromatic N) is 2. The summed E-state index contributed by atoms with van der Waals surface area (Å²) in [7, 11) is 1.63. The lowest BCUT2D eigenvalue weighted by atomic mass is 10.3. The van der Waals surface area contributed by atoms with E-state index in [-0.39, 0.29) is 5.95 Å². The van der Waals surface area contributed by atoms with E-state index < -0.39 is 0 Å². The average Bonchev–Trinajstić information content (AvgIpc) is 2.89. The van der Waals surface area contributed by atoms with Gasteiger partial charge in [0, 0.05) is 10.5 Å². The normalized spacial score (nSPS) is 10.7. The van der Waals surface area contributed by atoms with Gasteiger partial charge in [-0.05, 0) is 39.5 Å². The molecular weight excluding hydrogens is 340 g/mol. The van der Waals surface area contributed by atoms with Crippen LogP contribution in [0.2, 0.25) is 0 Å². The molecule has 3 N–H and O–H groups in total. The molecule has 3 rings (SSSR count). The highest BCUT2D eigenvalue weighted by molar-refractivity contribution is 9.10. The van der Waals surface area contributed by atoms with Gasteiger partial charge in [-0.2, -0.15) is 4.98 Å². The molecule has 0 aliphatic heterocycles. The van der Waals surface area contributed by atoms with Gasteiger partial charge in [0.15, 0.2) is 0 Å². The molecule has 0 amide bonds. The molecule has 2 heterocycles. The van der Waals surface area contributed by atoms with Crippen LogP contribution in [0.3, 0.4) is 0 Å². The molecule has 0 unspecified atom stereocenters. The van der Waals surface area contributed by atoms with Crippen molar-refractivity contribution in [3.05, 3.63) is 34.1 Å². The number of fused-ring (bicyclic) bond motifs is 1. The quantitative estimate of drug-likeness (QED) is 0.751. The Morgan fingerprint density at radius 3 is 2.95 bits per heavy atom. The second-order valence-corrected chi connectivity index (χ2v) is 5.79. The summed E-state index contributed by atoms with van der Waals surface area (Å²) in [6, 6.07) is 7.65. The maximum Gasteiger partial charge on any atom is 0.223 e. The van der Waals surface area contributed by atoms with Gasteiger partial charge in [-0.1, -0.05) is 0 Å². The van der Waals surface area contributed by atoms with E-state index in [4.69, 9.17) is 10.5 Å². The predicted octanol–water partition coefficient (Wildman–Crippen LogP) is 3.79. The van der Waals surface area contributed by atoms with Crippen LogP contribution in [-0.4, -0.2) is 17.1 Å². The lowest BCUT2D eigenvalue weighted by Crippen LogP contribution is -2.00. The molecule has 2 aromatic heterocycles. The van der Waals surface area contributed by atoms with Gasteiger partial charge in [0.2, 0.25) is 5.95 Å². The number of nitrogen functional groups attached to an aromatic ring is 1. The lowest BCUT2D eigenvalue weighted by molar-refractivity contribution is 0.415. The first-order valence-electron chi connectivity index (χ1n) is 5.78. The molecular formula is C13H11BrN4OS. The molecule has 0 aliphatic rings. The molecule has 0 fully saturated rings. The van der Waals surface area contributed by atoms with Crippen molar-refractivity contribution in [3.63, 3.8) is 0 Å². The van der Waals surface area contributed by atoms with Gasteiger partial charge in [-0.25, -0.2) is 4.98 Å². The summed E-state index contributed by atoms with van der Waals surface area (Å²) in [6.45, 7) is 0. The number of rotatable bonds is 3. The zero-order chi connectivity index (χ0) is 14.1. The molecule has 0 saturated heterocycles. The van der Waals surface area contributed by atoms with Crippen LogP contribution in [0.1, 0.15) is 0 Å². The van der Waals surface area contributed by atoms with Crippen LogP contribution in [0.4, 0.5) is 17.5 Å². The molecule has 7 heteroatoms. The summed E-state index contributed by atoms with van der Waals surface area (Å²) in [5.74, 6) is 1.70. The van der Waals surface area contributed by atoms with Gasteiger partial charge in [0.1, 0.15) is 16.4 Å². The molecule has 0 bridgehead atoms. The third kappa shape index (κ3) is 2.41. The SMILES string of the molecule is COc1ccc(Br)c(Nc2nc(N)nc3sccc23)c1. The third-order valence-corrected chi connectivity index (χ3v) is 4.27. The summed E-state index contributed by atoms with van der Waals surface area (Å²) < 4.78 is 6.14. The minimum atomic E-state index is 0.251. The van der Waals surface area contributed by atoms with Gasteiger partial charge >= 0.3 is 0 Å². The molecule has 1 aromatic carbocycles. The van der Waals surface area contributed by atoms with Crippen LogP contribution in [0, 0.1) is 0 Å². The molecule has 3 aromatic rings. The van der Waals surface area contributed by atoms with Crippen LogP contribution >= 0.6 is 27.3 Å². The first-order valence-corrected chi connectivity index (χ1v) is 7.46. The number of benzene rings is 1. The molecule has 0 aliphatic carbocycles. The zero-order valence-electron chi connectivity index (χ0n) is 10.6. The van der Waals surface area contributed by atoms with E-state index in [1.54, 1.807) is 7.11 Å². The fourth-order valence-corrected chi connectivity index (χ4v) is 2.94. The van der Waals surface area contributed by atoms with Gasteiger partial charge in [-0.3, -0.25) is 0 Å². The highest BCUT2D eigenvalue weighted by atomic mass is 79.9. The maximum absolute atomic E-state index is 5.74. The monoisotopic (exact) mass is 350 g/mol. The summed E-state index contributed by atoms with van der Waals surface area (Å²) in [5.41, 5.74) is 6.60. The number of halogens is 1. The number of nitrogens with one attached hydrogen (secondary N) is 1. The van der Waals surface area contributed by atoms with Gasteiger partial charge in [0.05, 0.1) is 18.2 Å². The Hall–Kier alpha value is -1.86. The van der Waals surface area contributed by atoms with Crippen molar-refractivity contribution in [1.82, 2.24) is 9.97 Å². The topological polar surface area (TPSA) is 73.1 Å². The number of thiophene rings is 1. The number of hydrogen-bond acceptors (Lipinski definition) is 6. The van der Waals surface area contributed by atoms with Crippen LogP contribution < -0.4 is 15.8 Å². The molecule has 0 atom stereocenters. The van der Waals surface area contributed by atoms with Crippen LogP contribution in [0.25, 0.3) is 10.2 Å². The number of ether oxygens (including phenoxy) is 1. The van der Waals surface area contributed by atoms with E-state index in [9.17, 15) is 0 Å². The third-order valence-electron chi connectivity index (χ3n) is 2.77. The Labute approximate surface area is 127 Å². The first-order chi connectivity index (χ1) is 9.67. The van der Waals surface area contributed by atoms with Crippen molar-refractivity contribution >= 4 is 54.9 Å². The summed E-state index contributed by atoms with van der Waals surface area (Å²) in [4.78, 5) is 9.33. The van der Waals surface area contributed by atoms with Crippen molar-refractivity contribution < 1.29 is 4.74 Å². The fraction of sp³-hybridized carbons (Fsp3) is 0.0769. The van der Waals surface area contributed by atoms with Crippen molar-refractivity contribution in [1.29, 1.82) is 0 Å². The van der Waals surface area contributed by atoms with Gasteiger partial charge in [0.25, 0.3) is 0 Å². The highest BCUT2D eigenvalue weighted by Crippen LogP contribution is 2.33. The first kappa shape index (κ1) is 13.1. The predicted molar refractivity (Wildman–Crippen MR) is 85.8 cm³/mol. The standard InChI is InChI=1S/C13H11BrN4OS/c1-19-7-2-3-9(14)10(6-7)16-11-8-4-5-20-12(8)18-13(15)17-11/h2-6H,1H3,(H3,15,16,17,18). The number of aromatic nitrogens is 2. The number of hydrogen-bond donors (Lipinski definition) is 2. The Balaban J connectivity index is 2.07. The summed E-state index contributed by atoms with van der Waals surface area (Å²) in [5, 5.41) is 6.17. The molecule has 5 nitrogen and oxygen atoms in total. The van der Waals surface area contributed by atoms with E-state index in [1.807, 2.05) is 29.6 Å². The Morgan fingerprint density at radius 2 is 2.15 bits per heavy atom. The molecule has 102 valence electrons. The Bertz CT molecular complexity index is 774. The second kappa shape index (κ2) is 5.26. The molecule has 20 heavy (non-hydrogen) atoms. The van der Waals surface area contributed by atoms with Crippen molar-refractivity contribution in [2.24, 2.45) is 0 Å².